The molecule has 0 N–H and O–H groups in total. The number of hydrogen-bond acceptors (Lipinski definition) is 5. The molecular formula is C19H18N2O3S. The van der Waals surface area contributed by atoms with E-state index in [1.807, 2.05) is 35.2 Å². The minimum absolute atomic E-state index is 0.121. The van der Waals surface area contributed by atoms with Gasteiger partial charge in [-0.3, -0.25) is 4.79 Å². The lowest BCUT2D eigenvalue weighted by atomic mass is 10.1. The van der Waals surface area contributed by atoms with Crippen LogP contribution in [0.2, 0.25) is 0 Å². The number of benzene rings is 2. The number of carbonyl (C=O) groups excluding carboxylic acids is 2. The number of esters is 1. The molecule has 2 heterocycles. The van der Waals surface area contributed by atoms with Gasteiger partial charge in [0.1, 0.15) is 0 Å². The highest BCUT2D eigenvalue weighted by atomic mass is 32.2. The summed E-state index contributed by atoms with van der Waals surface area (Å²) in [5, 5.41) is 0. The first kappa shape index (κ1) is 16.0. The number of carbonyl (C=O) groups is 2. The highest BCUT2D eigenvalue weighted by Crippen LogP contribution is 2.43. The second-order valence-corrected chi connectivity index (χ2v) is 7.05. The predicted octanol–water partition coefficient (Wildman–Crippen LogP) is 3.52. The van der Waals surface area contributed by atoms with Crippen LogP contribution in [0.1, 0.15) is 27.1 Å². The Morgan fingerprint density at radius 2 is 1.76 bits per heavy atom. The molecule has 0 aliphatic carbocycles. The van der Waals surface area contributed by atoms with Crippen LogP contribution in [0.25, 0.3) is 0 Å². The molecule has 6 heteroatoms. The van der Waals surface area contributed by atoms with Gasteiger partial charge in [0.15, 0.2) is 0 Å². The molecule has 1 saturated heterocycles. The van der Waals surface area contributed by atoms with E-state index in [9.17, 15) is 9.59 Å². The molecule has 128 valence electrons. The lowest BCUT2D eigenvalue weighted by Crippen LogP contribution is -2.42. The molecule has 0 spiro atoms. The van der Waals surface area contributed by atoms with Crippen LogP contribution in [0.15, 0.2) is 47.4 Å². The third kappa shape index (κ3) is 2.87. The number of nitrogens with zero attached hydrogens (tertiary/aromatic N) is 2. The zero-order chi connectivity index (χ0) is 17.4. The van der Waals surface area contributed by atoms with E-state index in [2.05, 4.69) is 4.90 Å². The summed E-state index contributed by atoms with van der Waals surface area (Å²) in [7, 11) is 1.38. The number of hydrogen-bond donors (Lipinski definition) is 0. The van der Waals surface area contributed by atoms with Gasteiger partial charge in [-0.15, -0.1) is 11.8 Å². The summed E-state index contributed by atoms with van der Waals surface area (Å²) in [6.45, 7) is 1.73. The number of rotatable bonds is 3. The average Bonchev–Trinajstić information content (AvgIpc) is 3.02. The first-order valence-electron chi connectivity index (χ1n) is 8.19. The summed E-state index contributed by atoms with van der Waals surface area (Å²) in [5.74, 6) is 0.571. The molecule has 25 heavy (non-hydrogen) atoms. The van der Waals surface area contributed by atoms with Crippen LogP contribution in [0.3, 0.4) is 0 Å². The van der Waals surface area contributed by atoms with E-state index in [1.54, 1.807) is 23.9 Å². The van der Waals surface area contributed by atoms with E-state index in [0.717, 1.165) is 47.2 Å². The molecular weight excluding hydrogens is 336 g/mol. The van der Waals surface area contributed by atoms with Crippen molar-refractivity contribution in [1.82, 2.24) is 4.90 Å². The summed E-state index contributed by atoms with van der Waals surface area (Å²) in [6, 6.07) is 13.3. The van der Waals surface area contributed by atoms with Crippen LogP contribution in [0.5, 0.6) is 0 Å². The summed E-state index contributed by atoms with van der Waals surface area (Å²) in [5.41, 5.74) is 3.40. The molecule has 2 aromatic rings. The van der Waals surface area contributed by atoms with E-state index in [1.165, 1.54) is 7.11 Å². The van der Waals surface area contributed by atoms with Crippen molar-refractivity contribution in [2.24, 2.45) is 0 Å². The number of amides is 1. The number of fused-ring (bicyclic) bond motifs is 1. The van der Waals surface area contributed by atoms with Crippen molar-refractivity contribution < 1.29 is 14.3 Å². The molecule has 0 atom stereocenters. The number of ether oxygens (including phenoxy) is 1. The molecule has 0 radical (unpaired) electrons. The summed E-state index contributed by atoms with van der Waals surface area (Å²) >= 11 is 1.72. The fraction of sp³-hybridized carbons (Fsp3) is 0.263. The molecule has 1 amide bonds. The molecule has 4 rings (SSSR count). The van der Waals surface area contributed by atoms with Gasteiger partial charge in [-0.1, -0.05) is 0 Å². The van der Waals surface area contributed by atoms with Gasteiger partial charge in [0.25, 0.3) is 5.91 Å². The van der Waals surface area contributed by atoms with Crippen molar-refractivity contribution in [2.45, 2.75) is 11.3 Å². The fourth-order valence-electron chi connectivity index (χ4n) is 3.00. The van der Waals surface area contributed by atoms with E-state index >= 15 is 0 Å². The summed E-state index contributed by atoms with van der Waals surface area (Å²) < 4.78 is 4.73. The van der Waals surface area contributed by atoms with Gasteiger partial charge >= 0.3 is 5.97 Å². The number of thioether (sulfide) groups is 1. The first-order valence-corrected chi connectivity index (χ1v) is 9.18. The van der Waals surface area contributed by atoms with Crippen molar-refractivity contribution in [3.8, 4) is 0 Å². The Kier molecular flexibility index (Phi) is 4.13. The maximum atomic E-state index is 12.4. The first-order chi connectivity index (χ1) is 12.2. The molecule has 2 aliphatic rings. The largest absolute Gasteiger partial charge is 0.465 e. The number of likely N-dealkylation sites (tertiary alicyclic amines) is 1. The molecule has 0 aromatic heterocycles. The van der Waals surface area contributed by atoms with E-state index in [-0.39, 0.29) is 11.9 Å². The highest BCUT2D eigenvalue weighted by Gasteiger charge is 2.26. The Morgan fingerprint density at radius 3 is 2.40 bits per heavy atom. The molecule has 0 bridgehead atoms. The Balaban J connectivity index is 1.57. The summed E-state index contributed by atoms with van der Waals surface area (Å²) in [4.78, 5) is 29.1. The van der Waals surface area contributed by atoms with E-state index < -0.39 is 0 Å². The van der Waals surface area contributed by atoms with Crippen LogP contribution in [-0.4, -0.2) is 42.9 Å². The van der Waals surface area contributed by atoms with E-state index in [0.29, 0.717) is 5.56 Å². The van der Waals surface area contributed by atoms with Crippen molar-refractivity contribution in [2.75, 3.05) is 31.0 Å². The van der Waals surface area contributed by atoms with E-state index in [4.69, 9.17) is 4.74 Å². The topological polar surface area (TPSA) is 49.9 Å². The van der Waals surface area contributed by atoms with Crippen LogP contribution in [0.4, 0.5) is 11.4 Å². The number of anilines is 2. The standard InChI is InChI=1S/C19H18N2O3S/c1-24-19(23)13-3-6-15(7-4-13)21-12-25-17-11-14(5-8-16(17)21)18(22)20-9-2-10-20/h3-8,11H,2,9-10,12H2,1H3. The lowest BCUT2D eigenvalue weighted by Gasteiger charge is -2.31. The third-order valence-corrected chi connectivity index (χ3v) is 5.62. The molecule has 1 fully saturated rings. The van der Waals surface area contributed by atoms with Crippen LogP contribution >= 0.6 is 11.8 Å². The lowest BCUT2D eigenvalue weighted by molar-refractivity contribution is 0.0599. The third-order valence-electron chi connectivity index (χ3n) is 4.59. The van der Waals surface area contributed by atoms with Crippen molar-refractivity contribution >= 4 is 35.0 Å². The van der Waals surface area contributed by atoms with Gasteiger partial charge in [-0.25, -0.2) is 4.79 Å². The Hall–Kier alpha value is -2.47. The second-order valence-electron chi connectivity index (χ2n) is 6.07. The Bertz CT molecular complexity index is 831. The van der Waals surface area contributed by atoms with Crippen molar-refractivity contribution in [3.05, 3.63) is 53.6 Å². The van der Waals surface area contributed by atoms with Crippen LogP contribution in [0, 0.1) is 0 Å². The molecule has 0 unspecified atom stereocenters. The molecule has 2 aromatic carbocycles. The van der Waals surface area contributed by atoms with Crippen molar-refractivity contribution in [1.29, 1.82) is 0 Å². The Morgan fingerprint density at radius 1 is 1.04 bits per heavy atom. The van der Waals surface area contributed by atoms with Gasteiger partial charge in [0.2, 0.25) is 0 Å². The molecule has 5 nitrogen and oxygen atoms in total. The average molecular weight is 354 g/mol. The SMILES string of the molecule is COC(=O)c1ccc(N2CSc3cc(C(=O)N4CCC4)ccc32)cc1. The minimum Gasteiger partial charge on any atom is -0.465 e. The maximum Gasteiger partial charge on any atom is 0.337 e. The smallest absolute Gasteiger partial charge is 0.337 e. The minimum atomic E-state index is -0.336. The Labute approximate surface area is 150 Å². The quantitative estimate of drug-likeness (QED) is 0.790. The monoisotopic (exact) mass is 354 g/mol. The molecule has 2 aliphatic heterocycles. The van der Waals surface area contributed by atoms with Gasteiger partial charge in [-0.05, 0) is 48.9 Å². The second kappa shape index (κ2) is 6.44. The van der Waals surface area contributed by atoms with Gasteiger partial charge in [-0.2, -0.15) is 0 Å². The highest BCUT2D eigenvalue weighted by molar-refractivity contribution is 7.99. The maximum absolute atomic E-state index is 12.4. The van der Waals surface area contributed by atoms with Crippen LogP contribution < -0.4 is 4.90 Å². The van der Waals surface area contributed by atoms with Gasteiger partial charge in [0.05, 0.1) is 24.2 Å². The van der Waals surface area contributed by atoms with Gasteiger partial charge < -0.3 is 14.5 Å². The van der Waals surface area contributed by atoms with Crippen molar-refractivity contribution in [3.63, 3.8) is 0 Å². The molecule has 0 saturated carbocycles. The fourth-order valence-corrected chi connectivity index (χ4v) is 4.09. The van der Waals surface area contributed by atoms with Crippen LogP contribution in [-0.2, 0) is 4.74 Å². The zero-order valence-corrected chi connectivity index (χ0v) is 14.7. The zero-order valence-electron chi connectivity index (χ0n) is 13.9. The summed E-state index contributed by atoms with van der Waals surface area (Å²) in [6.07, 6.45) is 1.10. The van der Waals surface area contributed by atoms with Gasteiger partial charge in [0, 0.05) is 29.2 Å². The number of methoxy groups -OCH3 is 1. The predicted molar refractivity (Wildman–Crippen MR) is 97.6 cm³/mol. The normalized spacial score (nSPS) is 15.6.